The summed E-state index contributed by atoms with van der Waals surface area (Å²) in [5, 5.41) is 3.44. The third-order valence-corrected chi connectivity index (χ3v) is 3.83. The van der Waals surface area contributed by atoms with Gasteiger partial charge in [-0.05, 0) is 32.1 Å². The summed E-state index contributed by atoms with van der Waals surface area (Å²) < 4.78 is 11.5. The first kappa shape index (κ1) is 13.3. The Kier molecular flexibility index (Phi) is 6.32. The molecule has 0 radical (unpaired) electrons. The van der Waals surface area contributed by atoms with Gasteiger partial charge in [0.05, 0.1) is 18.8 Å². The molecule has 1 saturated heterocycles. The summed E-state index contributed by atoms with van der Waals surface area (Å²) in [6.45, 7) is 3.77. The molecule has 3 heteroatoms. The van der Waals surface area contributed by atoms with Crippen molar-refractivity contribution in [1.29, 1.82) is 0 Å². The quantitative estimate of drug-likeness (QED) is 0.725. The largest absolute Gasteiger partial charge is 0.377 e. The van der Waals surface area contributed by atoms with Gasteiger partial charge in [-0.15, -0.1) is 0 Å². The standard InChI is InChI=1S/C14H27NO2/c1-2-6-13(7-3-1)17-11-9-15-12-14-8-4-5-10-16-14/h13-15H,1-12H2. The molecule has 0 aromatic carbocycles. The van der Waals surface area contributed by atoms with E-state index in [2.05, 4.69) is 5.32 Å². The van der Waals surface area contributed by atoms with Crippen LogP contribution >= 0.6 is 0 Å². The van der Waals surface area contributed by atoms with E-state index in [9.17, 15) is 0 Å². The second kappa shape index (κ2) is 8.06. The van der Waals surface area contributed by atoms with Crippen LogP contribution in [0.4, 0.5) is 0 Å². The van der Waals surface area contributed by atoms with Gasteiger partial charge in [0.25, 0.3) is 0 Å². The van der Waals surface area contributed by atoms with Crippen LogP contribution in [0.25, 0.3) is 0 Å². The molecule has 1 unspecified atom stereocenters. The Labute approximate surface area is 105 Å². The second-order valence-corrected chi connectivity index (χ2v) is 5.32. The first-order chi connectivity index (χ1) is 8.45. The fraction of sp³-hybridized carbons (Fsp3) is 1.00. The molecule has 100 valence electrons. The van der Waals surface area contributed by atoms with Crippen molar-refractivity contribution in [3.8, 4) is 0 Å². The van der Waals surface area contributed by atoms with Crippen molar-refractivity contribution in [2.24, 2.45) is 0 Å². The number of hydrogen-bond acceptors (Lipinski definition) is 3. The monoisotopic (exact) mass is 241 g/mol. The van der Waals surface area contributed by atoms with Crippen molar-refractivity contribution >= 4 is 0 Å². The van der Waals surface area contributed by atoms with Crippen LogP contribution in [0.5, 0.6) is 0 Å². The predicted octanol–water partition coefficient (Wildman–Crippen LogP) is 2.49. The van der Waals surface area contributed by atoms with Gasteiger partial charge < -0.3 is 14.8 Å². The summed E-state index contributed by atoms with van der Waals surface area (Å²) in [4.78, 5) is 0. The van der Waals surface area contributed by atoms with E-state index in [1.54, 1.807) is 0 Å². The summed E-state index contributed by atoms with van der Waals surface area (Å²) in [7, 11) is 0. The average Bonchev–Trinajstić information content (AvgIpc) is 2.41. The summed E-state index contributed by atoms with van der Waals surface area (Å²) in [5.74, 6) is 0. The van der Waals surface area contributed by atoms with Crippen molar-refractivity contribution in [2.45, 2.75) is 63.6 Å². The highest BCUT2D eigenvalue weighted by Crippen LogP contribution is 2.19. The van der Waals surface area contributed by atoms with Gasteiger partial charge in [0, 0.05) is 19.7 Å². The lowest BCUT2D eigenvalue weighted by Gasteiger charge is -2.24. The van der Waals surface area contributed by atoms with Gasteiger partial charge in [-0.2, -0.15) is 0 Å². The topological polar surface area (TPSA) is 30.5 Å². The molecule has 3 nitrogen and oxygen atoms in total. The lowest BCUT2D eigenvalue weighted by molar-refractivity contribution is 0.0100. The third-order valence-electron chi connectivity index (χ3n) is 3.83. The highest BCUT2D eigenvalue weighted by molar-refractivity contribution is 4.67. The smallest absolute Gasteiger partial charge is 0.0699 e. The molecule has 0 aromatic heterocycles. The van der Waals surface area contributed by atoms with Crippen LogP contribution < -0.4 is 5.32 Å². The normalized spacial score (nSPS) is 27.2. The first-order valence-electron chi connectivity index (χ1n) is 7.39. The van der Waals surface area contributed by atoms with Crippen molar-refractivity contribution in [3.05, 3.63) is 0 Å². The molecule has 2 fully saturated rings. The molecule has 1 N–H and O–H groups in total. The zero-order valence-corrected chi connectivity index (χ0v) is 11.0. The molecule has 1 atom stereocenters. The number of hydrogen-bond donors (Lipinski definition) is 1. The van der Waals surface area contributed by atoms with Gasteiger partial charge in [0.2, 0.25) is 0 Å². The molecule has 0 aromatic rings. The maximum Gasteiger partial charge on any atom is 0.0699 e. The van der Waals surface area contributed by atoms with Crippen LogP contribution in [0.15, 0.2) is 0 Å². The van der Waals surface area contributed by atoms with E-state index in [-0.39, 0.29) is 0 Å². The van der Waals surface area contributed by atoms with E-state index in [1.807, 2.05) is 0 Å². The van der Waals surface area contributed by atoms with E-state index in [4.69, 9.17) is 9.47 Å². The highest BCUT2D eigenvalue weighted by Gasteiger charge is 2.14. The van der Waals surface area contributed by atoms with Gasteiger partial charge in [-0.3, -0.25) is 0 Å². The van der Waals surface area contributed by atoms with Crippen molar-refractivity contribution in [3.63, 3.8) is 0 Å². The minimum Gasteiger partial charge on any atom is -0.377 e. The molecular weight excluding hydrogens is 214 g/mol. The Hall–Kier alpha value is -0.120. The Bertz CT molecular complexity index is 167. The lowest BCUT2D eigenvalue weighted by atomic mass is 9.98. The summed E-state index contributed by atoms with van der Waals surface area (Å²) in [6, 6.07) is 0. The van der Waals surface area contributed by atoms with Crippen LogP contribution in [0.1, 0.15) is 51.4 Å². The van der Waals surface area contributed by atoms with Gasteiger partial charge in [-0.1, -0.05) is 19.3 Å². The van der Waals surface area contributed by atoms with Crippen molar-refractivity contribution in [1.82, 2.24) is 5.32 Å². The zero-order valence-electron chi connectivity index (χ0n) is 11.0. The van der Waals surface area contributed by atoms with Crippen LogP contribution in [0, 0.1) is 0 Å². The predicted molar refractivity (Wildman–Crippen MR) is 69.3 cm³/mol. The van der Waals surface area contributed by atoms with Crippen LogP contribution in [-0.2, 0) is 9.47 Å². The van der Waals surface area contributed by atoms with E-state index in [0.717, 1.165) is 26.3 Å². The van der Waals surface area contributed by atoms with Gasteiger partial charge >= 0.3 is 0 Å². The first-order valence-corrected chi connectivity index (χ1v) is 7.39. The van der Waals surface area contributed by atoms with Crippen LogP contribution in [0.2, 0.25) is 0 Å². The third kappa shape index (κ3) is 5.36. The fourth-order valence-corrected chi connectivity index (χ4v) is 2.76. The lowest BCUT2D eigenvalue weighted by Crippen LogP contribution is -2.34. The molecule has 1 saturated carbocycles. The molecule has 2 rings (SSSR count). The van der Waals surface area contributed by atoms with Crippen LogP contribution in [0.3, 0.4) is 0 Å². The summed E-state index contributed by atoms with van der Waals surface area (Å²) in [6.07, 6.45) is 11.4. The SMILES string of the molecule is C1CCC(OCCNCC2CCCCO2)CC1. The molecule has 2 aliphatic rings. The van der Waals surface area contributed by atoms with E-state index in [1.165, 1.54) is 51.4 Å². The average molecular weight is 241 g/mol. The Balaban J connectivity index is 1.42. The second-order valence-electron chi connectivity index (χ2n) is 5.32. The molecule has 1 aliphatic carbocycles. The minimum absolute atomic E-state index is 0.443. The number of ether oxygens (including phenoxy) is 2. The summed E-state index contributed by atoms with van der Waals surface area (Å²) in [5.41, 5.74) is 0. The summed E-state index contributed by atoms with van der Waals surface area (Å²) >= 11 is 0. The Morgan fingerprint density at radius 2 is 1.82 bits per heavy atom. The van der Waals surface area contributed by atoms with Crippen molar-refractivity contribution in [2.75, 3.05) is 26.3 Å². The minimum atomic E-state index is 0.443. The van der Waals surface area contributed by atoms with E-state index in [0.29, 0.717) is 12.2 Å². The van der Waals surface area contributed by atoms with E-state index < -0.39 is 0 Å². The number of rotatable bonds is 6. The Morgan fingerprint density at radius 1 is 1.00 bits per heavy atom. The van der Waals surface area contributed by atoms with Gasteiger partial charge in [-0.25, -0.2) is 0 Å². The molecule has 1 heterocycles. The fourth-order valence-electron chi connectivity index (χ4n) is 2.76. The molecular formula is C14H27NO2. The molecule has 17 heavy (non-hydrogen) atoms. The maximum absolute atomic E-state index is 5.87. The van der Waals surface area contributed by atoms with Gasteiger partial charge in [0.15, 0.2) is 0 Å². The molecule has 0 bridgehead atoms. The number of nitrogens with one attached hydrogen (secondary N) is 1. The zero-order chi connectivity index (χ0) is 11.8. The molecule has 0 amide bonds. The van der Waals surface area contributed by atoms with Gasteiger partial charge in [0.1, 0.15) is 0 Å². The molecule has 1 aliphatic heterocycles. The highest BCUT2D eigenvalue weighted by atomic mass is 16.5. The van der Waals surface area contributed by atoms with Crippen LogP contribution in [-0.4, -0.2) is 38.5 Å². The Morgan fingerprint density at radius 3 is 2.59 bits per heavy atom. The van der Waals surface area contributed by atoms with Crippen molar-refractivity contribution < 1.29 is 9.47 Å². The maximum atomic E-state index is 5.87. The van der Waals surface area contributed by atoms with E-state index >= 15 is 0 Å². The molecule has 0 spiro atoms.